The summed E-state index contributed by atoms with van der Waals surface area (Å²) in [5, 5.41) is 10.9. The summed E-state index contributed by atoms with van der Waals surface area (Å²) in [4.78, 5) is 12.5. The van der Waals surface area contributed by atoms with Gasteiger partial charge in [-0.05, 0) is 29.5 Å². The molecule has 1 aliphatic rings. The van der Waals surface area contributed by atoms with E-state index in [1.165, 1.54) is 0 Å². The molecule has 1 aromatic rings. The van der Waals surface area contributed by atoms with Crippen LogP contribution in [-0.4, -0.2) is 36.7 Å². The third-order valence-electron chi connectivity index (χ3n) is 2.90. The van der Waals surface area contributed by atoms with Crippen LogP contribution in [0.5, 0.6) is 5.75 Å². The molecule has 17 heavy (non-hydrogen) atoms. The Labute approximate surface area is 99.4 Å². The SMILES string of the molecule is COc1ccc2c(c1)=CC=2N(C)CCC(=O)O. The molecule has 1 N–H and O–H groups in total. The van der Waals surface area contributed by atoms with Gasteiger partial charge in [-0.3, -0.25) is 4.79 Å². The summed E-state index contributed by atoms with van der Waals surface area (Å²) in [7, 11) is 3.55. The molecule has 0 spiro atoms. The van der Waals surface area contributed by atoms with Gasteiger partial charge < -0.3 is 14.7 Å². The molecule has 0 saturated carbocycles. The van der Waals surface area contributed by atoms with E-state index >= 15 is 0 Å². The first-order valence-corrected chi connectivity index (χ1v) is 5.45. The number of methoxy groups -OCH3 is 1. The number of carboxylic acid groups (broad SMARTS) is 1. The van der Waals surface area contributed by atoms with E-state index in [0.717, 1.165) is 21.9 Å². The molecule has 0 amide bonds. The van der Waals surface area contributed by atoms with Gasteiger partial charge in [0, 0.05) is 24.5 Å². The molecular weight excluding hydrogens is 218 g/mol. The monoisotopic (exact) mass is 233 g/mol. The van der Waals surface area contributed by atoms with E-state index in [1.807, 2.05) is 36.2 Å². The van der Waals surface area contributed by atoms with Gasteiger partial charge in [-0.25, -0.2) is 0 Å². The number of carboxylic acids is 1. The van der Waals surface area contributed by atoms with Gasteiger partial charge >= 0.3 is 5.97 Å². The fraction of sp³-hybridized carbons (Fsp3) is 0.308. The standard InChI is InChI=1S/C13H15NO3/c1-14(6-5-13(15)16)12-8-9-7-10(17-2)3-4-11(9)12/h3-4,7-8H,5-6H2,1-2H3,(H,15,16). The van der Waals surface area contributed by atoms with Crippen molar-refractivity contribution < 1.29 is 14.6 Å². The van der Waals surface area contributed by atoms with Crippen LogP contribution in [0.2, 0.25) is 0 Å². The minimum atomic E-state index is -0.772. The summed E-state index contributed by atoms with van der Waals surface area (Å²) < 4.78 is 5.14. The van der Waals surface area contributed by atoms with E-state index in [0.29, 0.717) is 6.54 Å². The third-order valence-corrected chi connectivity index (χ3v) is 2.90. The first-order chi connectivity index (χ1) is 8.11. The number of benzene rings is 1. The minimum Gasteiger partial charge on any atom is -0.497 e. The van der Waals surface area contributed by atoms with Crippen molar-refractivity contribution in [1.29, 1.82) is 0 Å². The van der Waals surface area contributed by atoms with Crippen molar-refractivity contribution in [1.82, 2.24) is 4.90 Å². The molecule has 0 saturated heterocycles. The Morgan fingerprint density at radius 3 is 2.82 bits per heavy atom. The Morgan fingerprint density at radius 2 is 2.24 bits per heavy atom. The van der Waals surface area contributed by atoms with Gasteiger partial charge in [-0.1, -0.05) is 0 Å². The largest absolute Gasteiger partial charge is 0.497 e. The molecule has 0 atom stereocenters. The van der Waals surface area contributed by atoms with Crippen LogP contribution in [0.3, 0.4) is 0 Å². The molecule has 0 heterocycles. The van der Waals surface area contributed by atoms with Crippen molar-refractivity contribution in [3.05, 3.63) is 28.6 Å². The molecule has 0 aromatic heterocycles. The maximum atomic E-state index is 10.5. The van der Waals surface area contributed by atoms with E-state index in [-0.39, 0.29) is 6.42 Å². The summed E-state index contributed by atoms with van der Waals surface area (Å²) in [5.74, 6) is 0.0685. The highest BCUT2D eigenvalue weighted by atomic mass is 16.5. The maximum absolute atomic E-state index is 10.5. The van der Waals surface area contributed by atoms with Gasteiger partial charge in [0.2, 0.25) is 0 Å². The lowest BCUT2D eigenvalue weighted by molar-refractivity contribution is -0.137. The predicted molar refractivity (Wildman–Crippen MR) is 65.0 cm³/mol. The predicted octanol–water partition coefficient (Wildman–Crippen LogP) is 0.00400. The van der Waals surface area contributed by atoms with Crippen molar-refractivity contribution in [2.45, 2.75) is 6.42 Å². The molecule has 2 rings (SSSR count). The van der Waals surface area contributed by atoms with Gasteiger partial charge in [-0.15, -0.1) is 0 Å². The molecule has 4 nitrogen and oxygen atoms in total. The number of hydrogen-bond acceptors (Lipinski definition) is 3. The van der Waals surface area contributed by atoms with Crippen LogP contribution in [0, 0.1) is 0 Å². The molecule has 0 bridgehead atoms. The van der Waals surface area contributed by atoms with Crippen LogP contribution < -0.4 is 15.2 Å². The van der Waals surface area contributed by atoms with E-state index in [2.05, 4.69) is 0 Å². The lowest BCUT2D eigenvalue weighted by Crippen LogP contribution is -2.40. The normalized spacial score (nSPS) is 12.2. The number of hydrogen-bond donors (Lipinski definition) is 1. The highest BCUT2D eigenvalue weighted by Crippen LogP contribution is 2.10. The third kappa shape index (κ3) is 2.25. The second-order valence-electron chi connectivity index (χ2n) is 4.05. The quantitative estimate of drug-likeness (QED) is 0.778. The van der Waals surface area contributed by atoms with Gasteiger partial charge in [0.15, 0.2) is 0 Å². The molecule has 1 aromatic carbocycles. The zero-order chi connectivity index (χ0) is 12.4. The highest BCUT2D eigenvalue weighted by Gasteiger charge is 2.12. The van der Waals surface area contributed by atoms with Crippen molar-refractivity contribution in [2.24, 2.45) is 0 Å². The number of nitrogens with zero attached hydrogens (tertiary/aromatic N) is 1. The summed E-state index contributed by atoms with van der Waals surface area (Å²) in [6.45, 7) is 0.520. The number of ether oxygens (including phenoxy) is 1. The lowest BCUT2D eigenvalue weighted by Gasteiger charge is -2.23. The molecule has 90 valence electrons. The zero-order valence-electron chi connectivity index (χ0n) is 9.93. The topological polar surface area (TPSA) is 49.8 Å². The smallest absolute Gasteiger partial charge is 0.305 e. The molecule has 1 aliphatic carbocycles. The van der Waals surface area contributed by atoms with Gasteiger partial charge in [0.25, 0.3) is 0 Å². The maximum Gasteiger partial charge on any atom is 0.305 e. The fourth-order valence-electron chi connectivity index (χ4n) is 1.87. The Morgan fingerprint density at radius 1 is 1.47 bits per heavy atom. The summed E-state index contributed by atoms with van der Waals surface area (Å²) in [6.07, 6.45) is 2.19. The van der Waals surface area contributed by atoms with Crippen LogP contribution in [0.25, 0.3) is 11.8 Å². The number of aliphatic carboxylic acids is 1. The summed E-state index contributed by atoms with van der Waals surface area (Å²) >= 11 is 0. The van der Waals surface area contributed by atoms with Crippen molar-refractivity contribution in [2.75, 3.05) is 20.7 Å². The summed E-state index contributed by atoms with van der Waals surface area (Å²) in [5.41, 5.74) is 1.09. The average Bonchev–Trinajstić information content (AvgIpc) is 2.28. The highest BCUT2D eigenvalue weighted by molar-refractivity contribution is 5.81. The Bertz CT molecular complexity index is 563. The lowest BCUT2D eigenvalue weighted by atomic mass is 10.0. The second kappa shape index (κ2) is 4.49. The van der Waals surface area contributed by atoms with Crippen molar-refractivity contribution in [3.63, 3.8) is 0 Å². The van der Waals surface area contributed by atoms with E-state index in [9.17, 15) is 4.79 Å². The number of carbonyl (C=O) groups is 1. The van der Waals surface area contributed by atoms with Crippen molar-refractivity contribution in [3.8, 4) is 5.75 Å². The first kappa shape index (κ1) is 11.5. The molecule has 0 aliphatic heterocycles. The van der Waals surface area contributed by atoms with E-state index in [1.54, 1.807) is 7.11 Å². The second-order valence-corrected chi connectivity index (χ2v) is 4.05. The van der Waals surface area contributed by atoms with Gasteiger partial charge in [-0.2, -0.15) is 0 Å². The van der Waals surface area contributed by atoms with Crippen LogP contribution in [0.4, 0.5) is 0 Å². The fourth-order valence-corrected chi connectivity index (χ4v) is 1.87. The first-order valence-electron chi connectivity index (χ1n) is 5.45. The number of fused-ring (bicyclic) bond motifs is 1. The van der Waals surface area contributed by atoms with Gasteiger partial charge in [0.1, 0.15) is 5.75 Å². The van der Waals surface area contributed by atoms with Crippen LogP contribution >= 0.6 is 0 Å². The minimum absolute atomic E-state index is 0.152. The Balaban J connectivity index is 2.17. The molecular formula is C13H15NO3. The zero-order valence-corrected chi connectivity index (χ0v) is 9.93. The van der Waals surface area contributed by atoms with Gasteiger partial charge in [0.05, 0.1) is 13.5 Å². The van der Waals surface area contributed by atoms with Crippen LogP contribution in [0.15, 0.2) is 18.2 Å². The van der Waals surface area contributed by atoms with E-state index in [4.69, 9.17) is 9.84 Å². The Hall–Kier alpha value is -1.97. The summed E-state index contributed by atoms with van der Waals surface area (Å²) in [6, 6.07) is 5.89. The average molecular weight is 233 g/mol. The van der Waals surface area contributed by atoms with Crippen LogP contribution in [0.1, 0.15) is 6.42 Å². The molecule has 0 radical (unpaired) electrons. The van der Waals surface area contributed by atoms with E-state index < -0.39 is 5.97 Å². The van der Waals surface area contributed by atoms with Crippen LogP contribution in [-0.2, 0) is 4.79 Å². The van der Waals surface area contributed by atoms with Crippen molar-refractivity contribution >= 4 is 17.7 Å². The molecule has 4 heteroatoms. The molecule has 0 fully saturated rings. The Kier molecular flexibility index (Phi) is 3.04. The molecule has 0 unspecified atom stereocenters. The number of rotatable bonds is 5.